The van der Waals surface area contributed by atoms with Crippen molar-refractivity contribution in [1.82, 2.24) is 0 Å². The molecule has 1 aliphatic rings. The van der Waals surface area contributed by atoms with E-state index in [1.807, 2.05) is 20.8 Å². The first-order valence-electron chi connectivity index (χ1n) is 4.54. The molecular weight excluding hydrogens is 140 g/mol. The van der Waals surface area contributed by atoms with Crippen LogP contribution in [-0.2, 0) is 9.47 Å². The summed E-state index contributed by atoms with van der Waals surface area (Å²) in [6, 6.07) is 0. The molecule has 2 heteroatoms. The fourth-order valence-corrected chi connectivity index (χ4v) is 1.07. The number of ether oxygens (including phenoxy) is 2. The molecule has 1 fully saturated rings. The largest absolute Gasteiger partial charge is 0.378 e. The van der Waals surface area contributed by atoms with Crippen molar-refractivity contribution < 1.29 is 9.47 Å². The molecule has 1 rings (SSSR count). The van der Waals surface area contributed by atoms with Gasteiger partial charge in [0.1, 0.15) is 0 Å². The maximum atomic E-state index is 5.39. The van der Waals surface area contributed by atoms with E-state index < -0.39 is 0 Å². The minimum atomic E-state index is 0.356. The van der Waals surface area contributed by atoms with Crippen molar-refractivity contribution in [3.63, 3.8) is 0 Å². The molecule has 0 amide bonds. The van der Waals surface area contributed by atoms with Gasteiger partial charge in [-0.15, -0.1) is 0 Å². The third-order valence-corrected chi connectivity index (χ3v) is 1.68. The lowest BCUT2D eigenvalue weighted by molar-refractivity contribution is 0.0371. The lowest BCUT2D eigenvalue weighted by Gasteiger charge is -2.11. The molecule has 2 nitrogen and oxygen atoms in total. The Morgan fingerprint density at radius 2 is 2.00 bits per heavy atom. The second-order valence-corrected chi connectivity index (χ2v) is 2.51. The van der Waals surface area contributed by atoms with Crippen LogP contribution in [0.3, 0.4) is 0 Å². The smallest absolute Gasteiger partial charge is 0.0855 e. The summed E-state index contributed by atoms with van der Waals surface area (Å²) >= 11 is 0. The van der Waals surface area contributed by atoms with Crippen LogP contribution in [0.25, 0.3) is 0 Å². The van der Waals surface area contributed by atoms with Crippen LogP contribution in [0.5, 0.6) is 0 Å². The highest BCUT2D eigenvalue weighted by Crippen LogP contribution is 2.15. The Kier molecular flexibility index (Phi) is 6.57. The molecule has 68 valence electrons. The molecule has 0 aromatic carbocycles. The molecule has 0 aliphatic carbocycles. The highest BCUT2D eigenvalue weighted by Gasteiger charge is 2.23. The lowest BCUT2D eigenvalue weighted by atomic mass is 10.1. The summed E-state index contributed by atoms with van der Waals surface area (Å²) in [4.78, 5) is 0. The Morgan fingerprint density at radius 1 is 1.36 bits per heavy atom. The second-order valence-electron chi connectivity index (χ2n) is 2.51. The molecule has 0 aromatic rings. The number of hydrogen-bond donors (Lipinski definition) is 0. The van der Waals surface area contributed by atoms with E-state index >= 15 is 0 Å². The van der Waals surface area contributed by atoms with Crippen molar-refractivity contribution in [2.24, 2.45) is 5.92 Å². The van der Waals surface area contributed by atoms with Crippen LogP contribution in [-0.4, -0.2) is 25.9 Å². The molecule has 0 N–H and O–H groups in total. The molecule has 0 unspecified atom stereocenters. The monoisotopic (exact) mass is 160 g/mol. The summed E-state index contributed by atoms with van der Waals surface area (Å²) in [5, 5.41) is 0. The van der Waals surface area contributed by atoms with Gasteiger partial charge in [-0.25, -0.2) is 0 Å². The van der Waals surface area contributed by atoms with Crippen LogP contribution in [0, 0.1) is 5.92 Å². The van der Waals surface area contributed by atoms with Crippen molar-refractivity contribution >= 4 is 0 Å². The Bertz CT molecular complexity index is 83.6. The summed E-state index contributed by atoms with van der Waals surface area (Å²) in [6.07, 6.45) is 0.356. The van der Waals surface area contributed by atoms with Crippen molar-refractivity contribution in [1.29, 1.82) is 0 Å². The predicted octanol–water partition coefficient (Wildman–Crippen LogP) is 2.08. The first-order valence-corrected chi connectivity index (χ1v) is 4.54. The average Bonchev–Trinajstić information content (AvgIpc) is 2.42. The van der Waals surface area contributed by atoms with Gasteiger partial charge < -0.3 is 9.47 Å². The maximum absolute atomic E-state index is 5.39. The van der Waals surface area contributed by atoms with Crippen LogP contribution < -0.4 is 0 Å². The number of hydrogen-bond acceptors (Lipinski definition) is 2. The quantitative estimate of drug-likeness (QED) is 0.615. The van der Waals surface area contributed by atoms with Gasteiger partial charge in [0, 0.05) is 12.5 Å². The van der Waals surface area contributed by atoms with Gasteiger partial charge in [-0.2, -0.15) is 0 Å². The molecule has 1 heterocycles. The van der Waals surface area contributed by atoms with Crippen LogP contribution in [0.15, 0.2) is 0 Å². The Morgan fingerprint density at radius 3 is 2.36 bits per heavy atom. The third-order valence-electron chi connectivity index (χ3n) is 1.68. The Balaban J connectivity index is 0.000000461. The maximum Gasteiger partial charge on any atom is 0.0855 e. The van der Waals surface area contributed by atoms with Gasteiger partial charge >= 0.3 is 0 Å². The molecule has 0 aromatic heterocycles. The lowest BCUT2D eigenvalue weighted by Crippen LogP contribution is -2.19. The van der Waals surface area contributed by atoms with E-state index in [-0.39, 0.29) is 0 Å². The van der Waals surface area contributed by atoms with Gasteiger partial charge in [-0.05, 0) is 6.92 Å². The summed E-state index contributed by atoms with van der Waals surface area (Å²) in [6.45, 7) is 10.6. The summed E-state index contributed by atoms with van der Waals surface area (Å²) in [5.74, 6) is 0.588. The Labute approximate surface area is 69.9 Å². The van der Waals surface area contributed by atoms with E-state index in [4.69, 9.17) is 9.47 Å². The topological polar surface area (TPSA) is 18.5 Å². The molecule has 0 radical (unpaired) electrons. The molecule has 0 bridgehead atoms. The standard InChI is InChI=1S/C7H14O2.C2H6/c1-3-9-7-5-8-4-6(7)2;1-2/h6-7H,3-5H2,1-2H3;1-2H3/t6-,7-;/m0./s1. The SMILES string of the molecule is CC.CCO[C@H]1COC[C@@H]1C. The molecule has 2 atom stereocenters. The van der Waals surface area contributed by atoms with E-state index in [1.165, 1.54) is 0 Å². The third kappa shape index (κ3) is 3.73. The molecule has 1 saturated heterocycles. The van der Waals surface area contributed by atoms with Gasteiger partial charge in [0.2, 0.25) is 0 Å². The zero-order valence-electron chi connectivity index (χ0n) is 8.09. The van der Waals surface area contributed by atoms with Crippen molar-refractivity contribution in [2.75, 3.05) is 19.8 Å². The van der Waals surface area contributed by atoms with Crippen molar-refractivity contribution in [3.05, 3.63) is 0 Å². The van der Waals surface area contributed by atoms with Crippen LogP contribution in [0.4, 0.5) is 0 Å². The predicted molar refractivity (Wildman–Crippen MR) is 46.7 cm³/mol. The van der Waals surface area contributed by atoms with Gasteiger partial charge in [-0.3, -0.25) is 0 Å². The summed E-state index contributed by atoms with van der Waals surface area (Å²) in [5.41, 5.74) is 0. The molecule has 1 aliphatic heterocycles. The van der Waals surface area contributed by atoms with E-state index in [0.717, 1.165) is 19.8 Å². The van der Waals surface area contributed by atoms with E-state index in [9.17, 15) is 0 Å². The van der Waals surface area contributed by atoms with Crippen LogP contribution >= 0.6 is 0 Å². The van der Waals surface area contributed by atoms with E-state index in [1.54, 1.807) is 0 Å². The zero-order valence-corrected chi connectivity index (χ0v) is 8.09. The van der Waals surface area contributed by atoms with Gasteiger partial charge in [0.05, 0.1) is 19.3 Å². The molecule has 11 heavy (non-hydrogen) atoms. The summed E-state index contributed by atoms with van der Waals surface area (Å²) in [7, 11) is 0. The average molecular weight is 160 g/mol. The normalized spacial score (nSPS) is 29.5. The first-order chi connectivity index (χ1) is 5.34. The fourth-order valence-electron chi connectivity index (χ4n) is 1.07. The van der Waals surface area contributed by atoms with Crippen molar-refractivity contribution in [2.45, 2.75) is 33.8 Å². The summed E-state index contributed by atoms with van der Waals surface area (Å²) < 4.78 is 10.6. The second kappa shape index (κ2) is 6.62. The van der Waals surface area contributed by atoms with E-state index in [0.29, 0.717) is 12.0 Å². The molecule has 0 saturated carbocycles. The van der Waals surface area contributed by atoms with Gasteiger partial charge in [0.25, 0.3) is 0 Å². The zero-order chi connectivity index (χ0) is 8.69. The minimum Gasteiger partial charge on any atom is -0.378 e. The van der Waals surface area contributed by atoms with E-state index in [2.05, 4.69) is 6.92 Å². The highest BCUT2D eigenvalue weighted by molar-refractivity contribution is 4.70. The Hall–Kier alpha value is -0.0800. The fraction of sp³-hybridized carbons (Fsp3) is 1.00. The van der Waals surface area contributed by atoms with Crippen molar-refractivity contribution in [3.8, 4) is 0 Å². The molecule has 0 spiro atoms. The minimum absolute atomic E-state index is 0.356. The first kappa shape index (κ1) is 10.9. The van der Waals surface area contributed by atoms with Gasteiger partial charge in [-0.1, -0.05) is 20.8 Å². The number of rotatable bonds is 2. The molecular formula is C9H20O2. The van der Waals surface area contributed by atoms with Crippen LogP contribution in [0.2, 0.25) is 0 Å². The van der Waals surface area contributed by atoms with Gasteiger partial charge in [0.15, 0.2) is 0 Å². The van der Waals surface area contributed by atoms with Crippen LogP contribution in [0.1, 0.15) is 27.7 Å². The highest BCUT2D eigenvalue weighted by atomic mass is 16.5.